The minimum atomic E-state index is -0.0548. The molecule has 0 bridgehead atoms. The first-order valence-corrected chi connectivity index (χ1v) is 10.3. The van der Waals surface area contributed by atoms with E-state index in [1.54, 1.807) is 22.3 Å². The summed E-state index contributed by atoms with van der Waals surface area (Å²) < 4.78 is 3.96. The summed E-state index contributed by atoms with van der Waals surface area (Å²) in [5, 5.41) is 6.64. The van der Waals surface area contributed by atoms with E-state index in [1.807, 2.05) is 84.9 Å². The normalized spacial score (nSPS) is 11.6. The molecule has 0 aliphatic rings. The van der Waals surface area contributed by atoms with Crippen molar-refractivity contribution < 1.29 is 4.79 Å². The van der Waals surface area contributed by atoms with Gasteiger partial charge in [0, 0.05) is 36.0 Å². The number of rotatable bonds is 5. The van der Waals surface area contributed by atoms with E-state index in [0.717, 1.165) is 39.0 Å². The number of hydrogen-bond donors (Lipinski definition) is 0. The number of carbonyl (C=O) groups excluding carboxylic acids is 1. The lowest BCUT2D eigenvalue weighted by atomic mass is 10.1. The van der Waals surface area contributed by atoms with E-state index < -0.39 is 0 Å². The average Bonchev–Trinajstić information content (AvgIpc) is 3.36. The molecule has 1 aromatic carbocycles. The summed E-state index contributed by atoms with van der Waals surface area (Å²) >= 11 is 1.59. The van der Waals surface area contributed by atoms with E-state index in [1.165, 1.54) is 0 Å². The Morgan fingerprint density at radius 1 is 1.17 bits per heavy atom. The standard InChI is InChI=1S/C22H23N5OS/c1-15-19(17(3)27(24-15)18-8-6-5-7-9-18)10-11-21(28)25(4)14-20-16(2)23-22-26(20)12-13-29-22/h5-13H,14H2,1-4H3. The number of imidazole rings is 1. The third-order valence-electron chi connectivity index (χ3n) is 5.07. The molecular formula is C22H23N5OS. The highest BCUT2D eigenvalue weighted by molar-refractivity contribution is 7.15. The lowest BCUT2D eigenvalue weighted by Crippen LogP contribution is -2.25. The zero-order chi connectivity index (χ0) is 20.5. The van der Waals surface area contributed by atoms with E-state index in [9.17, 15) is 4.79 Å². The van der Waals surface area contributed by atoms with Crippen molar-refractivity contribution in [1.29, 1.82) is 0 Å². The maximum absolute atomic E-state index is 12.7. The summed E-state index contributed by atoms with van der Waals surface area (Å²) in [4.78, 5) is 19.9. The Balaban J connectivity index is 1.53. The van der Waals surface area contributed by atoms with Gasteiger partial charge in [0.05, 0.1) is 29.3 Å². The second-order valence-corrected chi connectivity index (χ2v) is 7.93. The number of carbonyl (C=O) groups is 1. The number of para-hydroxylation sites is 1. The Labute approximate surface area is 173 Å². The molecule has 0 saturated heterocycles. The van der Waals surface area contributed by atoms with Crippen LogP contribution in [0.2, 0.25) is 0 Å². The average molecular weight is 406 g/mol. The largest absolute Gasteiger partial charge is 0.336 e. The van der Waals surface area contributed by atoms with Crippen molar-refractivity contribution in [3.63, 3.8) is 0 Å². The van der Waals surface area contributed by atoms with Crippen LogP contribution in [0.5, 0.6) is 0 Å². The van der Waals surface area contributed by atoms with Crippen LogP contribution in [-0.2, 0) is 11.3 Å². The van der Waals surface area contributed by atoms with E-state index >= 15 is 0 Å². The van der Waals surface area contributed by atoms with Crippen LogP contribution in [0, 0.1) is 20.8 Å². The molecule has 0 N–H and O–H groups in total. The van der Waals surface area contributed by atoms with Gasteiger partial charge in [-0.2, -0.15) is 5.10 Å². The molecule has 0 aliphatic heterocycles. The highest BCUT2D eigenvalue weighted by atomic mass is 32.1. The number of likely N-dealkylation sites (N-methyl/N-ethyl adjacent to an activating group) is 1. The van der Waals surface area contributed by atoms with E-state index in [0.29, 0.717) is 6.54 Å². The monoisotopic (exact) mass is 405 g/mol. The quantitative estimate of drug-likeness (QED) is 0.468. The molecular weight excluding hydrogens is 382 g/mol. The molecule has 7 heteroatoms. The second kappa shape index (κ2) is 7.67. The van der Waals surface area contributed by atoms with E-state index in [4.69, 9.17) is 0 Å². The van der Waals surface area contributed by atoms with Crippen molar-refractivity contribution in [3.8, 4) is 5.69 Å². The van der Waals surface area contributed by atoms with Crippen molar-refractivity contribution in [2.75, 3.05) is 7.05 Å². The first-order chi connectivity index (χ1) is 14.0. The Morgan fingerprint density at radius 3 is 2.69 bits per heavy atom. The van der Waals surface area contributed by atoms with Gasteiger partial charge in [0.2, 0.25) is 5.91 Å². The predicted molar refractivity (Wildman–Crippen MR) is 116 cm³/mol. The van der Waals surface area contributed by atoms with Gasteiger partial charge in [0.1, 0.15) is 0 Å². The molecule has 0 fully saturated rings. The minimum absolute atomic E-state index is 0.0548. The summed E-state index contributed by atoms with van der Waals surface area (Å²) in [6.07, 6.45) is 5.47. The fraction of sp³-hybridized carbons (Fsp3) is 0.227. The molecule has 4 aromatic rings. The molecule has 0 unspecified atom stereocenters. The highest BCUT2D eigenvalue weighted by Gasteiger charge is 2.15. The lowest BCUT2D eigenvalue weighted by molar-refractivity contribution is -0.125. The smallest absolute Gasteiger partial charge is 0.246 e. The molecule has 4 rings (SSSR count). The first-order valence-electron chi connectivity index (χ1n) is 9.41. The maximum atomic E-state index is 12.7. The number of amides is 1. The molecule has 0 aliphatic carbocycles. The number of thiazole rings is 1. The topological polar surface area (TPSA) is 55.4 Å². The molecule has 0 saturated carbocycles. The van der Waals surface area contributed by atoms with E-state index in [2.05, 4.69) is 10.1 Å². The summed E-state index contributed by atoms with van der Waals surface area (Å²) in [6.45, 7) is 6.47. The van der Waals surface area contributed by atoms with Gasteiger partial charge in [-0.05, 0) is 39.0 Å². The molecule has 3 heterocycles. The molecule has 0 spiro atoms. The number of fused-ring (bicyclic) bond motifs is 1. The number of aryl methyl sites for hydroxylation is 2. The lowest BCUT2D eigenvalue weighted by Gasteiger charge is -2.15. The minimum Gasteiger partial charge on any atom is -0.336 e. The highest BCUT2D eigenvalue weighted by Crippen LogP contribution is 2.20. The molecule has 3 aromatic heterocycles. The SMILES string of the molecule is Cc1nn(-c2ccccc2)c(C)c1C=CC(=O)N(C)Cc1c(C)nc2sccn12. The zero-order valence-electron chi connectivity index (χ0n) is 17.0. The van der Waals surface area contributed by atoms with Crippen LogP contribution in [0.25, 0.3) is 16.7 Å². The van der Waals surface area contributed by atoms with Crippen molar-refractivity contribution >= 4 is 28.3 Å². The van der Waals surface area contributed by atoms with Crippen LogP contribution in [0.4, 0.5) is 0 Å². The molecule has 0 atom stereocenters. The van der Waals surface area contributed by atoms with Crippen LogP contribution in [0.3, 0.4) is 0 Å². The van der Waals surface area contributed by atoms with Gasteiger partial charge in [-0.1, -0.05) is 18.2 Å². The van der Waals surface area contributed by atoms with Crippen molar-refractivity contribution in [3.05, 3.63) is 76.3 Å². The predicted octanol–water partition coefficient (Wildman–Crippen LogP) is 4.18. The number of aromatic nitrogens is 4. The van der Waals surface area contributed by atoms with Gasteiger partial charge >= 0.3 is 0 Å². The van der Waals surface area contributed by atoms with Crippen molar-refractivity contribution in [1.82, 2.24) is 24.1 Å². The Bertz CT molecular complexity index is 1200. The summed E-state index contributed by atoms with van der Waals surface area (Å²) in [6, 6.07) is 10.00. The number of hydrogen-bond acceptors (Lipinski definition) is 4. The summed E-state index contributed by atoms with van der Waals surface area (Å²) in [7, 11) is 1.81. The third kappa shape index (κ3) is 3.61. The van der Waals surface area contributed by atoms with Crippen LogP contribution < -0.4 is 0 Å². The first kappa shape index (κ1) is 19.1. The number of nitrogens with zero attached hydrogens (tertiary/aromatic N) is 5. The summed E-state index contributed by atoms with van der Waals surface area (Å²) in [5.74, 6) is -0.0548. The van der Waals surface area contributed by atoms with Crippen LogP contribution in [-0.4, -0.2) is 37.0 Å². The van der Waals surface area contributed by atoms with Gasteiger partial charge in [-0.15, -0.1) is 11.3 Å². The zero-order valence-corrected chi connectivity index (χ0v) is 17.8. The second-order valence-electron chi connectivity index (χ2n) is 7.06. The van der Waals surface area contributed by atoms with Crippen LogP contribution in [0.1, 0.15) is 28.3 Å². The Morgan fingerprint density at radius 2 is 1.93 bits per heavy atom. The number of benzene rings is 1. The van der Waals surface area contributed by atoms with Gasteiger partial charge < -0.3 is 4.90 Å². The maximum Gasteiger partial charge on any atom is 0.246 e. The molecule has 0 radical (unpaired) electrons. The fourth-order valence-corrected chi connectivity index (χ4v) is 4.21. The third-order valence-corrected chi connectivity index (χ3v) is 5.82. The Hall–Kier alpha value is -3.19. The van der Waals surface area contributed by atoms with Crippen molar-refractivity contribution in [2.45, 2.75) is 27.3 Å². The van der Waals surface area contributed by atoms with Gasteiger partial charge in [-0.25, -0.2) is 9.67 Å². The molecule has 6 nitrogen and oxygen atoms in total. The van der Waals surface area contributed by atoms with Gasteiger partial charge in [-0.3, -0.25) is 9.20 Å². The summed E-state index contributed by atoms with van der Waals surface area (Å²) in [5.41, 5.74) is 5.87. The molecule has 148 valence electrons. The van der Waals surface area contributed by atoms with Gasteiger partial charge in [0.25, 0.3) is 0 Å². The fourth-order valence-electron chi connectivity index (χ4n) is 3.43. The van der Waals surface area contributed by atoms with Crippen molar-refractivity contribution in [2.24, 2.45) is 0 Å². The Kier molecular flexibility index (Phi) is 5.07. The van der Waals surface area contributed by atoms with Crippen LogP contribution >= 0.6 is 11.3 Å². The molecule has 29 heavy (non-hydrogen) atoms. The van der Waals surface area contributed by atoms with Gasteiger partial charge in [0.15, 0.2) is 4.96 Å². The van der Waals surface area contributed by atoms with E-state index in [-0.39, 0.29) is 5.91 Å². The van der Waals surface area contributed by atoms with Crippen LogP contribution in [0.15, 0.2) is 48.0 Å². The molecule has 1 amide bonds.